The summed E-state index contributed by atoms with van der Waals surface area (Å²) >= 11 is 7.02. The Morgan fingerprint density at radius 1 is 1.15 bits per heavy atom. The van der Waals surface area contributed by atoms with Crippen molar-refractivity contribution in [3.05, 3.63) is 35.4 Å². The number of carbonyl (C=O) groups excluding carboxylic acids is 1. The van der Waals surface area contributed by atoms with Crippen LogP contribution in [0.3, 0.4) is 0 Å². The minimum atomic E-state index is -0.248. The van der Waals surface area contributed by atoms with Crippen molar-refractivity contribution in [2.75, 3.05) is 10.7 Å². The van der Waals surface area contributed by atoms with Crippen molar-refractivity contribution in [3.8, 4) is 0 Å². The van der Waals surface area contributed by atoms with Crippen molar-refractivity contribution < 1.29 is 4.79 Å². The third-order valence-corrected chi connectivity index (χ3v) is 5.69. The maximum Gasteiger partial charge on any atom is 0.252 e. The Labute approximate surface area is 139 Å². The second kappa shape index (κ2) is 7.08. The van der Waals surface area contributed by atoms with Crippen molar-refractivity contribution >= 4 is 37.8 Å². The minimum Gasteiger partial charge on any atom is -0.345 e. The van der Waals surface area contributed by atoms with Crippen molar-refractivity contribution in [1.29, 1.82) is 0 Å². The number of benzene rings is 1. The van der Waals surface area contributed by atoms with Crippen molar-refractivity contribution in [2.45, 2.75) is 45.1 Å². The molecule has 1 N–H and O–H groups in total. The summed E-state index contributed by atoms with van der Waals surface area (Å²) in [5.41, 5.74) is 1.54. The van der Waals surface area contributed by atoms with E-state index in [0.29, 0.717) is 0 Å². The van der Waals surface area contributed by atoms with Gasteiger partial charge in [-0.25, -0.2) is 0 Å². The predicted octanol–water partition coefficient (Wildman–Crippen LogP) is 4.65. The number of alkyl halides is 2. The molecule has 0 atom stereocenters. The van der Waals surface area contributed by atoms with E-state index in [2.05, 4.69) is 64.9 Å². The van der Waals surface area contributed by atoms with E-state index in [1.165, 1.54) is 0 Å². The molecular weight excluding hydrogens is 382 g/mol. The van der Waals surface area contributed by atoms with Crippen LogP contribution in [0.15, 0.2) is 24.3 Å². The molecule has 1 rings (SSSR count). The van der Waals surface area contributed by atoms with Gasteiger partial charge < -0.3 is 5.32 Å². The van der Waals surface area contributed by atoms with Crippen molar-refractivity contribution in [2.24, 2.45) is 0 Å². The van der Waals surface area contributed by atoms with Gasteiger partial charge in [0.2, 0.25) is 0 Å². The number of hydrogen-bond acceptors (Lipinski definition) is 1. The summed E-state index contributed by atoms with van der Waals surface area (Å²) < 4.78 is 0. The van der Waals surface area contributed by atoms with Gasteiger partial charge in [-0.2, -0.15) is 0 Å². The first-order valence-corrected chi connectivity index (χ1v) is 9.08. The second-order valence-corrected chi connectivity index (χ2v) is 7.27. The van der Waals surface area contributed by atoms with Crippen LogP contribution in [-0.4, -0.2) is 22.1 Å². The van der Waals surface area contributed by atoms with Gasteiger partial charge in [0.15, 0.2) is 0 Å². The van der Waals surface area contributed by atoms with Gasteiger partial charge in [-0.1, -0.05) is 77.8 Å². The first kappa shape index (κ1) is 17.7. The molecule has 0 radical (unpaired) electrons. The highest BCUT2D eigenvalue weighted by atomic mass is 79.9. The van der Waals surface area contributed by atoms with Crippen LogP contribution in [0, 0.1) is 0 Å². The first-order chi connectivity index (χ1) is 9.29. The van der Waals surface area contributed by atoms with Crippen LogP contribution in [0.25, 0.3) is 0 Å². The van der Waals surface area contributed by atoms with Gasteiger partial charge >= 0.3 is 0 Å². The average molecular weight is 405 g/mol. The molecule has 1 amide bonds. The molecule has 0 aromatic heterocycles. The van der Waals surface area contributed by atoms with E-state index in [4.69, 9.17) is 0 Å². The Morgan fingerprint density at radius 3 is 2.15 bits per heavy atom. The van der Waals surface area contributed by atoms with Crippen LogP contribution in [-0.2, 0) is 5.41 Å². The fraction of sp³-hybridized carbons (Fsp3) is 0.562. The Morgan fingerprint density at radius 2 is 1.70 bits per heavy atom. The third kappa shape index (κ3) is 4.08. The highest BCUT2D eigenvalue weighted by molar-refractivity contribution is 9.09. The van der Waals surface area contributed by atoms with Gasteiger partial charge in [0, 0.05) is 16.2 Å². The lowest BCUT2D eigenvalue weighted by Crippen LogP contribution is -2.51. The summed E-state index contributed by atoms with van der Waals surface area (Å²) in [6, 6.07) is 7.84. The number of halogens is 2. The van der Waals surface area contributed by atoms with E-state index < -0.39 is 0 Å². The highest BCUT2D eigenvalue weighted by Crippen LogP contribution is 2.26. The Balaban J connectivity index is 3.11. The van der Waals surface area contributed by atoms with Crippen LogP contribution < -0.4 is 5.32 Å². The predicted molar refractivity (Wildman–Crippen MR) is 93.2 cm³/mol. The summed E-state index contributed by atoms with van der Waals surface area (Å²) in [6.07, 6.45) is 0.868. The number of hydrogen-bond donors (Lipinski definition) is 1. The average Bonchev–Trinajstić information content (AvgIpc) is 2.44. The fourth-order valence-corrected chi connectivity index (χ4v) is 4.03. The molecule has 0 unspecified atom stereocenters. The van der Waals surface area contributed by atoms with Gasteiger partial charge in [0.25, 0.3) is 5.91 Å². The molecule has 0 aliphatic carbocycles. The zero-order valence-corrected chi connectivity index (χ0v) is 15.8. The first-order valence-electron chi connectivity index (χ1n) is 6.83. The summed E-state index contributed by atoms with van der Waals surface area (Å²) in [5, 5.41) is 4.63. The summed E-state index contributed by atoms with van der Waals surface area (Å²) in [4.78, 5) is 12.7. The normalized spacial score (nSPS) is 12.3. The number of rotatable bonds is 5. The molecule has 0 saturated heterocycles. The molecule has 0 spiro atoms. The molecule has 0 saturated carbocycles. The highest BCUT2D eigenvalue weighted by Gasteiger charge is 2.30. The maximum atomic E-state index is 12.7. The van der Waals surface area contributed by atoms with Crippen LogP contribution in [0.4, 0.5) is 0 Å². The third-order valence-electron chi connectivity index (χ3n) is 3.55. The van der Waals surface area contributed by atoms with E-state index >= 15 is 0 Å². The van der Waals surface area contributed by atoms with E-state index in [-0.39, 0.29) is 16.9 Å². The number of carbonyl (C=O) groups is 1. The smallest absolute Gasteiger partial charge is 0.252 e. The van der Waals surface area contributed by atoms with E-state index in [9.17, 15) is 4.79 Å². The van der Waals surface area contributed by atoms with Gasteiger partial charge in [0.1, 0.15) is 0 Å². The van der Waals surface area contributed by atoms with Crippen molar-refractivity contribution in [3.63, 3.8) is 0 Å². The van der Waals surface area contributed by atoms with E-state index in [1.807, 2.05) is 24.3 Å². The molecule has 2 nitrogen and oxygen atoms in total. The Kier molecular flexibility index (Phi) is 6.26. The molecular formula is C16H23Br2NO. The number of amides is 1. The quantitative estimate of drug-likeness (QED) is 0.710. The summed E-state index contributed by atoms with van der Waals surface area (Å²) in [5.74, 6) is -0.00345. The summed E-state index contributed by atoms with van der Waals surface area (Å²) in [6.45, 7) is 8.46. The van der Waals surface area contributed by atoms with Gasteiger partial charge in [0.05, 0.1) is 5.54 Å². The largest absolute Gasteiger partial charge is 0.345 e. The van der Waals surface area contributed by atoms with E-state index in [0.717, 1.165) is 28.2 Å². The topological polar surface area (TPSA) is 29.1 Å². The molecule has 0 bridgehead atoms. The van der Waals surface area contributed by atoms with Crippen LogP contribution >= 0.6 is 31.9 Å². The lowest BCUT2D eigenvalue weighted by atomic mass is 9.83. The molecule has 1 aromatic carbocycles. The molecule has 0 fully saturated rings. The van der Waals surface area contributed by atoms with Crippen LogP contribution in [0.2, 0.25) is 0 Å². The standard InChI is InChI=1S/C16H23Br2NO/c1-5-16(10-17,11-18)19-14(20)12-8-6-7-9-13(12)15(2,3)4/h6-9H,5,10-11H2,1-4H3,(H,19,20). The number of nitrogens with one attached hydrogen (secondary N) is 1. The Hall–Kier alpha value is -0.350. The fourth-order valence-electron chi connectivity index (χ4n) is 2.02. The molecule has 0 heterocycles. The lowest BCUT2D eigenvalue weighted by Gasteiger charge is -2.31. The SMILES string of the molecule is CCC(CBr)(CBr)NC(=O)c1ccccc1C(C)(C)C. The maximum absolute atomic E-state index is 12.7. The monoisotopic (exact) mass is 403 g/mol. The zero-order chi connectivity index (χ0) is 15.4. The van der Waals surface area contributed by atoms with Gasteiger partial charge in [-0.15, -0.1) is 0 Å². The van der Waals surface area contributed by atoms with Gasteiger partial charge in [-0.05, 0) is 23.5 Å². The molecule has 4 heteroatoms. The molecule has 1 aromatic rings. The lowest BCUT2D eigenvalue weighted by molar-refractivity contribution is 0.0913. The van der Waals surface area contributed by atoms with Crippen LogP contribution in [0.1, 0.15) is 50.0 Å². The Bertz CT molecular complexity index is 454. The van der Waals surface area contributed by atoms with E-state index in [1.54, 1.807) is 0 Å². The minimum absolute atomic E-state index is 0.00345. The van der Waals surface area contributed by atoms with Crippen LogP contribution in [0.5, 0.6) is 0 Å². The summed E-state index contributed by atoms with van der Waals surface area (Å²) in [7, 11) is 0. The second-order valence-electron chi connectivity index (χ2n) is 6.15. The zero-order valence-electron chi connectivity index (χ0n) is 12.6. The molecule has 112 valence electrons. The molecule has 20 heavy (non-hydrogen) atoms. The molecule has 0 aliphatic rings. The molecule has 0 aliphatic heterocycles. The van der Waals surface area contributed by atoms with Crippen molar-refractivity contribution in [1.82, 2.24) is 5.32 Å². The van der Waals surface area contributed by atoms with Gasteiger partial charge in [-0.3, -0.25) is 4.79 Å².